The first-order valence-electron chi connectivity index (χ1n) is 14.1. The summed E-state index contributed by atoms with van der Waals surface area (Å²) in [6.07, 6.45) is 0. The van der Waals surface area contributed by atoms with Gasteiger partial charge in [0, 0.05) is 27.3 Å². The molecule has 2 aliphatic rings. The third-order valence-electron chi connectivity index (χ3n) is 9.31. The molecule has 0 bridgehead atoms. The van der Waals surface area contributed by atoms with Crippen LogP contribution in [-0.2, 0) is 10.8 Å². The third kappa shape index (κ3) is 3.05. The highest BCUT2D eigenvalue weighted by Gasteiger charge is 2.38. The van der Waals surface area contributed by atoms with Crippen molar-refractivity contribution >= 4 is 10.9 Å². The minimum Gasteiger partial charge on any atom is -0.228 e. The molecule has 5 aromatic carbocycles. The van der Waals surface area contributed by atoms with Gasteiger partial charge in [0.05, 0.1) is 11.2 Å². The Labute approximate surface area is 235 Å². The molecule has 0 unspecified atom stereocenters. The molecule has 8 rings (SSSR count). The van der Waals surface area contributed by atoms with Crippen molar-refractivity contribution in [3.05, 3.63) is 131 Å². The molecule has 0 saturated carbocycles. The highest BCUT2D eigenvalue weighted by atomic mass is 14.9. The molecule has 0 atom stereocenters. The lowest BCUT2D eigenvalue weighted by Gasteiger charge is -2.22. The molecule has 192 valence electrons. The average molecular weight is 515 g/mol. The molecule has 40 heavy (non-hydrogen) atoms. The monoisotopic (exact) mass is 514 g/mol. The lowest BCUT2D eigenvalue weighted by atomic mass is 9.81. The van der Waals surface area contributed by atoms with E-state index in [1.165, 1.54) is 44.5 Å². The molecule has 0 N–H and O–H groups in total. The van der Waals surface area contributed by atoms with E-state index < -0.39 is 0 Å². The molecular formula is C38H30N2. The maximum absolute atomic E-state index is 5.35. The molecule has 6 aromatic rings. The summed E-state index contributed by atoms with van der Waals surface area (Å²) in [7, 11) is 0. The number of nitrogens with zero attached hydrogens (tertiary/aromatic N) is 2. The van der Waals surface area contributed by atoms with E-state index >= 15 is 0 Å². The maximum atomic E-state index is 5.35. The Kier molecular flexibility index (Phi) is 4.66. The summed E-state index contributed by atoms with van der Waals surface area (Å²) in [5.74, 6) is 0.779. The quantitative estimate of drug-likeness (QED) is 0.230. The van der Waals surface area contributed by atoms with Gasteiger partial charge in [-0.05, 0) is 56.6 Å². The van der Waals surface area contributed by atoms with Crippen molar-refractivity contribution in [3.8, 4) is 44.9 Å². The zero-order valence-electron chi connectivity index (χ0n) is 23.3. The van der Waals surface area contributed by atoms with E-state index in [1.54, 1.807) is 0 Å². The Balaban J connectivity index is 1.37. The Morgan fingerprint density at radius 1 is 0.475 bits per heavy atom. The number of hydrogen-bond donors (Lipinski definition) is 0. The minimum absolute atomic E-state index is 0.0663. The van der Waals surface area contributed by atoms with Crippen molar-refractivity contribution in [2.45, 2.75) is 38.5 Å². The zero-order valence-corrected chi connectivity index (χ0v) is 23.3. The molecule has 2 aliphatic carbocycles. The Bertz CT molecular complexity index is 2010. The number of fused-ring (bicyclic) bond motifs is 7. The molecule has 1 heterocycles. The van der Waals surface area contributed by atoms with Crippen LogP contribution in [0.5, 0.6) is 0 Å². The first-order chi connectivity index (χ1) is 19.4. The van der Waals surface area contributed by atoms with E-state index in [9.17, 15) is 0 Å². The SMILES string of the molecule is CC1(C)c2ccccc2-c2ccc(-c3nc(-c4cccc5c4-c4ccccc4C5(C)C)nc4ccccc34)cc21. The normalized spacial score (nSPS) is 15.4. The summed E-state index contributed by atoms with van der Waals surface area (Å²) < 4.78 is 0. The van der Waals surface area contributed by atoms with Crippen LogP contribution in [0.25, 0.3) is 55.8 Å². The summed E-state index contributed by atoms with van der Waals surface area (Å²) in [5.41, 5.74) is 14.7. The van der Waals surface area contributed by atoms with Gasteiger partial charge in [0.1, 0.15) is 0 Å². The van der Waals surface area contributed by atoms with E-state index in [2.05, 4.69) is 137 Å². The molecule has 2 heteroatoms. The topological polar surface area (TPSA) is 25.8 Å². The number of rotatable bonds is 2. The lowest BCUT2D eigenvalue weighted by Crippen LogP contribution is -2.15. The van der Waals surface area contributed by atoms with Crippen molar-refractivity contribution in [2.75, 3.05) is 0 Å². The number of para-hydroxylation sites is 1. The van der Waals surface area contributed by atoms with Crippen LogP contribution in [0.1, 0.15) is 49.9 Å². The maximum Gasteiger partial charge on any atom is 0.161 e. The fourth-order valence-electron chi connectivity index (χ4n) is 7.21. The van der Waals surface area contributed by atoms with Gasteiger partial charge in [-0.3, -0.25) is 0 Å². The first kappa shape index (κ1) is 23.3. The predicted octanol–water partition coefficient (Wildman–Crippen LogP) is 9.58. The predicted molar refractivity (Wildman–Crippen MR) is 166 cm³/mol. The van der Waals surface area contributed by atoms with Crippen LogP contribution in [0.4, 0.5) is 0 Å². The smallest absolute Gasteiger partial charge is 0.161 e. The van der Waals surface area contributed by atoms with Crippen molar-refractivity contribution in [3.63, 3.8) is 0 Å². The van der Waals surface area contributed by atoms with Crippen molar-refractivity contribution in [1.29, 1.82) is 0 Å². The highest BCUT2D eigenvalue weighted by molar-refractivity contribution is 5.97. The molecule has 1 aromatic heterocycles. The van der Waals surface area contributed by atoms with Crippen molar-refractivity contribution in [2.24, 2.45) is 0 Å². The Hall–Kier alpha value is -4.56. The van der Waals surface area contributed by atoms with Gasteiger partial charge in [0.25, 0.3) is 0 Å². The number of aromatic nitrogens is 2. The second kappa shape index (κ2) is 7.99. The van der Waals surface area contributed by atoms with Gasteiger partial charge in [-0.2, -0.15) is 0 Å². The van der Waals surface area contributed by atoms with Crippen LogP contribution >= 0.6 is 0 Å². The molecule has 0 aliphatic heterocycles. The van der Waals surface area contributed by atoms with Crippen LogP contribution in [0.15, 0.2) is 109 Å². The van der Waals surface area contributed by atoms with Gasteiger partial charge in [-0.15, -0.1) is 0 Å². The molecule has 0 saturated heterocycles. The van der Waals surface area contributed by atoms with Crippen LogP contribution < -0.4 is 0 Å². The van der Waals surface area contributed by atoms with Gasteiger partial charge < -0.3 is 0 Å². The van der Waals surface area contributed by atoms with E-state index in [4.69, 9.17) is 9.97 Å². The van der Waals surface area contributed by atoms with Gasteiger partial charge in [0.15, 0.2) is 5.82 Å². The van der Waals surface area contributed by atoms with E-state index in [0.29, 0.717) is 0 Å². The van der Waals surface area contributed by atoms with Crippen LogP contribution in [0, 0.1) is 0 Å². The highest BCUT2D eigenvalue weighted by Crippen LogP contribution is 2.52. The fraction of sp³-hybridized carbons (Fsp3) is 0.158. The van der Waals surface area contributed by atoms with E-state index in [0.717, 1.165) is 33.5 Å². The Morgan fingerprint density at radius 2 is 1.07 bits per heavy atom. The second-order valence-corrected chi connectivity index (χ2v) is 12.2. The third-order valence-corrected chi connectivity index (χ3v) is 9.31. The van der Waals surface area contributed by atoms with Crippen LogP contribution in [0.2, 0.25) is 0 Å². The number of hydrogen-bond acceptors (Lipinski definition) is 2. The lowest BCUT2D eigenvalue weighted by molar-refractivity contribution is 0.660. The molecule has 0 amide bonds. The first-order valence-corrected chi connectivity index (χ1v) is 14.1. The largest absolute Gasteiger partial charge is 0.228 e. The summed E-state index contributed by atoms with van der Waals surface area (Å²) >= 11 is 0. The van der Waals surface area contributed by atoms with Crippen LogP contribution in [-0.4, -0.2) is 9.97 Å². The van der Waals surface area contributed by atoms with Gasteiger partial charge in [-0.1, -0.05) is 125 Å². The molecule has 0 radical (unpaired) electrons. The Morgan fingerprint density at radius 3 is 1.90 bits per heavy atom. The fourth-order valence-corrected chi connectivity index (χ4v) is 7.21. The average Bonchev–Trinajstić information content (AvgIpc) is 3.36. The summed E-state index contributed by atoms with van der Waals surface area (Å²) in [4.78, 5) is 10.5. The molecule has 0 fully saturated rings. The second-order valence-electron chi connectivity index (χ2n) is 12.2. The molecule has 2 nitrogen and oxygen atoms in total. The van der Waals surface area contributed by atoms with Gasteiger partial charge in [-0.25, -0.2) is 9.97 Å². The van der Waals surface area contributed by atoms with E-state index in [1.807, 2.05) is 0 Å². The van der Waals surface area contributed by atoms with E-state index in [-0.39, 0.29) is 10.8 Å². The summed E-state index contributed by atoms with van der Waals surface area (Å²) in [6, 6.07) is 39.5. The van der Waals surface area contributed by atoms with Crippen molar-refractivity contribution in [1.82, 2.24) is 9.97 Å². The van der Waals surface area contributed by atoms with Gasteiger partial charge >= 0.3 is 0 Å². The molecule has 0 spiro atoms. The van der Waals surface area contributed by atoms with Crippen molar-refractivity contribution < 1.29 is 0 Å². The summed E-state index contributed by atoms with van der Waals surface area (Å²) in [5, 5.41) is 1.08. The van der Waals surface area contributed by atoms with Gasteiger partial charge in [0.2, 0.25) is 0 Å². The number of benzene rings is 5. The van der Waals surface area contributed by atoms with Crippen LogP contribution in [0.3, 0.4) is 0 Å². The standard InChI is InChI=1S/C38H30N2/c1-37(2)30-17-9-6-13-26(30)34-28(15-11-18-31(34)37)36-39-33-19-10-7-14-27(33)35(40-36)23-20-21-25-24-12-5-8-16-29(24)38(3,4)32(25)22-23/h5-22H,1-4H3. The minimum atomic E-state index is -0.0673. The molecular weight excluding hydrogens is 484 g/mol. The summed E-state index contributed by atoms with van der Waals surface area (Å²) in [6.45, 7) is 9.30. The zero-order chi connectivity index (χ0) is 27.2.